The van der Waals surface area contributed by atoms with Gasteiger partial charge in [-0.15, -0.1) is 0 Å². The van der Waals surface area contributed by atoms with Crippen molar-refractivity contribution in [3.63, 3.8) is 0 Å². The number of ether oxygens (including phenoxy) is 2. The van der Waals surface area contributed by atoms with Crippen LogP contribution in [0.3, 0.4) is 0 Å². The summed E-state index contributed by atoms with van der Waals surface area (Å²) in [5.41, 5.74) is 1.29. The van der Waals surface area contributed by atoms with Crippen molar-refractivity contribution in [2.75, 3.05) is 19.5 Å². The zero-order valence-corrected chi connectivity index (χ0v) is 13.1. The van der Waals surface area contributed by atoms with Crippen molar-refractivity contribution in [2.45, 2.75) is 6.54 Å². The molecule has 0 bridgehead atoms. The highest BCUT2D eigenvalue weighted by Gasteiger charge is 2.11. The molecular formula is C15H15Cl2NO3. The van der Waals surface area contributed by atoms with Crippen molar-refractivity contribution in [1.82, 2.24) is 0 Å². The number of hydrogen-bond acceptors (Lipinski definition) is 4. The van der Waals surface area contributed by atoms with E-state index in [2.05, 4.69) is 5.32 Å². The van der Waals surface area contributed by atoms with E-state index < -0.39 is 0 Å². The second-order valence-electron chi connectivity index (χ2n) is 4.28. The number of nitrogens with one attached hydrogen (secondary N) is 1. The van der Waals surface area contributed by atoms with Crippen molar-refractivity contribution in [3.05, 3.63) is 45.9 Å². The van der Waals surface area contributed by atoms with Crippen LogP contribution < -0.4 is 14.8 Å². The van der Waals surface area contributed by atoms with Gasteiger partial charge in [-0.3, -0.25) is 0 Å². The number of aromatic hydroxyl groups is 1. The molecule has 0 fully saturated rings. The Morgan fingerprint density at radius 1 is 1.05 bits per heavy atom. The van der Waals surface area contributed by atoms with Crippen LogP contribution in [0.2, 0.25) is 10.0 Å². The van der Waals surface area contributed by atoms with Gasteiger partial charge >= 0.3 is 0 Å². The van der Waals surface area contributed by atoms with E-state index in [0.717, 1.165) is 0 Å². The number of rotatable bonds is 5. The molecular weight excluding hydrogens is 313 g/mol. The fourth-order valence-corrected chi connectivity index (χ4v) is 2.38. The van der Waals surface area contributed by atoms with Crippen LogP contribution >= 0.6 is 23.2 Å². The molecule has 6 heteroatoms. The maximum Gasteiger partial charge on any atom is 0.145 e. The Morgan fingerprint density at radius 2 is 1.76 bits per heavy atom. The highest BCUT2D eigenvalue weighted by molar-refractivity contribution is 6.32. The number of anilines is 1. The van der Waals surface area contributed by atoms with Gasteiger partial charge in [-0.2, -0.15) is 0 Å². The summed E-state index contributed by atoms with van der Waals surface area (Å²) in [5.74, 6) is 1.25. The molecule has 0 saturated heterocycles. The molecule has 0 unspecified atom stereocenters. The fourth-order valence-electron chi connectivity index (χ4n) is 1.90. The molecule has 21 heavy (non-hydrogen) atoms. The summed E-state index contributed by atoms with van der Waals surface area (Å²) in [4.78, 5) is 0. The van der Waals surface area contributed by atoms with Crippen LogP contribution in [0.4, 0.5) is 5.69 Å². The lowest BCUT2D eigenvalue weighted by molar-refractivity contribution is 0.395. The topological polar surface area (TPSA) is 50.7 Å². The molecule has 2 aromatic carbocycles. The Hall–Kier alpha value is -1.78. The van der Waals surface area contributed by atoms with Crippen LogP contribution in [0.15, 0.2) is 30.3 Å². The zero-order chi connectivity index (χ0) is 15.4. The Balaban J connectivity index is 2.26. The molecule has 0 aliphatic heterocycles. The van der Waals surface area contributed by atoms with Gasteiger partial charge in [-0.25, -0.2) is 0 Å². The molecule has 0 aliphatic rings. The summed E-state index contributed by atoms with van der Waals surface area (Å²) in [7, 11) is 3.09. The van der Waals surface area contributed by atoms with E-state index in [0.29, 0.717) is 39.3 Å². The Morgan fingerprint density at radius 3 is 2.38 bits per heavy atom. The van der Waals surface area contributed by atoms with Crippen molar-refractivity contribution in [1.29, 1.82) is 0 Å². The smallest absolute Gasteiger partial charge is 0.145 e. The lowest BCUT2D eigenvalue weighted by Gasteiger charge is -2.15. The first-order chi connectivity index (χ1) is 10.1. The summed E-state index contributed by atoms with van der Waals surface area (Å²) in [6.45, 7) is 0.338. The minimum atomic E-state index is 0.133. The van der Waals surface area contributed by atoms with Crippen LogP contribution in [0, 0.1) is 0 Å². The lowest BCUT2D eigenvalue weighted by Crippen LogP contribution is -2.03. The van der Waals surface area contributed by atoms with Gasteiger partial charge in [0, 0.05) is 23.2 Å². The summed E-state index contributed by atoms with van der Waals surface area (Å²) < 4.78 is 10.4. The van der Waals surface area contributed by atoms with Crippen molar-refractivity contribution >= 4 is 28.9 Å². The first-order valence-electron chi connectivity index (χ1n) is 6.18. The molecule has 0 radical (unpaired) electrons. The molecule has 0 aromatic heterocycles. The van der Waals surface area contributed by atoms with E-state index in [1.54, 1.807) is 37.4 Å². The van der Waals surface area contributed by atoms with Crippen molar-refractivity contribution in [3.8, 4) is 17.2 Å². The number of hydrogen-bond donors (Lipinski definition) is 2. The monoisotopic (exact) mass is 327 g/mol. The van der Waals surface area contributed by atoms with E-state index in [4.69, 9.17) is 32.7 Å². The summed E-state index contributed by atoms with van der Waals surface area (Å²) in [6, 6.07) is 8.38. The third-order valence-electron chi connectivity index (χ3n) is 3.02. The molecule has 112 valence electrons. The average Bonchev–Trinajstić information content (AvgIpc) is 2.47. The number of methoxy groups -OCH3 is 2. The third kappa shape index (κ3) is 3.46. The van der Waals surface area contributed by atoms with E-state index in [1.165, 1.54) is 7.11 Å². The molecule has 2 rings (SSSR count). The van der Waals surface area contributed by atoms with Gasteiger partial charge in [0.15, 0.2) is 0 Å². The standard InChI is InChI=1S/C15H15Cl2NO3/c1-20-14-7-15(21-2)12(6-11(14)17)18-8-9-10(16)4-3-5-13(9)19/h3-7,18-19H,8H2,1-2H3. The molecule has 0 amide bonds. The maximum absolute atomic E-state index is 9.83. The quantitative estimate of drug-likeness (QED) is 0.858. The molecule has 0 aliphatic carbocycles. The molecule has 2 aromatic rings. The molecule has 0 saturated carbocycles. The van der Waals surface area contributed by atoms with E-state index in [-0.39, 0.29) is 5.75 Å². The van der Waals surface area contributed by atoms with Crippen LogP contribution in [0.25, 0.3) is 0 Å². The van der Waals surface area contributed by atoms with Crippen LogP contribution in [0.5, 0.6) is 17.2 Å². The Labute approximate surface area is 133 Å². The largest absolute Gasteiger partial charge is 0.508 e. The molecule has 0 atom stereocenters. The van der Waals surface area contributed by atoms with Crippen molar-refractivity contribution in [2.24, 2.45) is 0 Å². The minimum absolute atomic E-state index is 0.133. The summed E-state index contributed by atoms with van der Waals surface area (Å²) >= 11 is 12.2. The summed E-state index contributed by atoms with van der Waals surface area (Å²) in [5, 5.41) is 13.9. The number of halogens is 2. The number of benzene rings is 2. The lowest BCUT2D eigenvalue weighted by atomic mass is 10.2. The van der Waals surface area contributed by atoms with Gasteiger partial charge in [0.25, 0.3) is 0 Å². The predicted octanol–water partition coefficient (Wildman–Crippen LogP) is 4.33. The Kier molecular flexibility index (Phi) is 5.04. The van der Waals surface area contributed by atoms with Crippen molar-refractivity contribution < 1.29 is 14.6 Å². The average molecular weight is 328 g/mol. The van der Waals surface area contributed by atoms with E-state index in [9.17, 15) is 5.11 Å². The molecule has 0 spiro atoms. The third-order valence-corrected chi connectivity index (χ3v) is 3.67. The first-order valence-corrected chi connectivity index (χ1v) is 6.94. The highest BCUT2D eigenvalue weighted by atomic mass is 35.5. The second kappa shape index (κ2) is 6.78. The van der Waals surface area contributed by atoms with Crippen LogP contribution in [-0.2, 0) is 6.54 Å². The van der Waals surface area contributed by atoms with E-state index in [1.807, 2.05) is 0 Å². The van der Waals surface area contributed by atoms with Gasteiger partial charge in [0.05, 0.1) is 24.9 Å². The molecule has 0 heterocycles. The van der Waals surface area contributed by atoms with Crippen LogP contribution in [-0.4, -0.2) is 19.3 Å². The first kappa shape index (κ1) is 15.6. The second-order valence-corrected chi connectivity index (χ2v) is 5.09. The van der Waals surface area contributed by atoms with Crippen LogP contribution in [0.1, 0.15) is 5.56 Å². The Bertz CT molecular complexity index is 627. The van der Waals surface area contributed by atoms with E-state index >= 15 is 0 Å². The zero-order valence-electron chi connectivity index (χ0n) is 11.6. The van der Waals surface area contributed by atoms with Gasteiger partial charge < -0.3 is 19.9 Å². The number of phenols is 1. The predicted molar refractivity (Wildman–Crippen MR) is 85.0 cm³/mol. The summed E-state index contributed by atoms with van der Waals surface area (Å²) in [6.07, 6.45) is 0. The highest BCUT2D eigenvalue weighted by Crippen LogP contribution is 2.36. The van der Waals surface area contributed by atoms with Gasteiger partial charge in [-0.1, -0.05) is 29.3 Å². The number of phenolic OH excluding ortho intramolecular Hbond substituents is 1. The van der Waals surface area contributed by atoms with Gasteiger partial charge in [-0.05, 0) is 18.2 Å². The SMILES string of the molecule is COc1cc(OC)c(NCc2c(O)cccc2Cl)cc1Cl. The normalized spacial score (nSPS) is 10.3. The van der Waals surface area contributed by atoms with Gasteiger partial charge in [0.2, 0.25) is 0 Å². The fraction of sp³-hybridized carbons (Fsp3) is 0.200. The maximum atomic E-state index is 9.83. The van der Waals surface area contributed by atoms with Gasteiger partial charge in [0.1, 0.15) is 17.2 Å². The minimum Gasteiger partial charge on any atom is -0.508 e. The molecule has 2 N–H and O–H groups in total. The molecule has 4 nitrogen and oxygen atoms in total.